The lowest BCUT2D eigenvalue weighted by Crippen LogP contribution is -2.47. The SMILES string of the molecule is CC/C=C\C/C=C\C/C=C\C/C=C\C/C=C\CCCCCCCC(=O)OC(/C=C/CCCCCCCCCCC)C(COP(=O)([O-])OCC[N+](C)(C)C)NC(=O)CCCCCCCCCCCCC. The zero-order valence-corrected chi connectivity index (χ0v) is 46.4. The molecule has 3 atom stereocenters. The molecule has 10 heteroatoms. The Balaban J connectivity index is 5.29. The number of hydrogen-bond acceptors (Lipinski definition) is 7. The summed E-state index contributed by atoms with van der Waals surface area (Å²) in [5.41, 5.74) is 0. The molecule has 0 aromatic heterocycles. The van der Waals surface area contributed by atoms with Crippen LogP contribution in [0.2, 0.25) is 0 Å². The van der Waals surface area contributed by atoms with Gasteiger partial charge in [0.05, 0.1) is 33.8 Å². The molecule has 0 saturated carbocycles. The van der Waals surface area contributed by atoms with Crippen LogP contribution >= 0.6 is 7.82 Å². The molecule has 1 N–H and O–H groups in total. The molecule has 400 valence electrons. The van der Waals surface area contributed by atoms with Crippen LogP contribution in [-0.4, -0.2) is 69.4 Å². The van der Waals surface area contributed by atoms with Crippen molar-refractivity contribution >= 4 is 19.7 Å². The second kappa shape index (κ2) is 49.0. The fourth-order valence-electron chi connectivity index (χ4n) is 7.78. The van der Waals surface area contributed by atoms with Crippen LogP contribution in [0, 0.1) is 0 Å². The van der Waals surface area contributed by atoms with Crippen molar-refractivity contribution in [1.82, 2.24) is 5.32 Å². The van der Waals surface area contributed by atoms with Crippen LogP contribution in [0.15, 0.2) is 72.9 Å². The van der Waals surface area contributed by atoms with E-state index in [0.29, 0.717) is 23.9 Å². The molecule has 0 aromatic rings. The summed E-state index contributed by atoms with van der Waals surface area (Å²) in [5.74, 6) is -0.565. The highest BCUT2D eigenvalue weighted by atomic mass is 31.2. The fraction of sp³-hybridized carbons (Fsp3) is 0.763. The molecule has 0 spiro atoms. The average Bonchev–Trinajstić information content (AvgIpc) is 3.31. The predicted octanol–water partition coefficient (Wildman–Crippen LogP) is 16.3. The second-order valence-corrected chi connectivity index (χ2v) is 21.5. The Morgan fingerprint density at radius 1 is 0.522 bits per heavy atom. The quantitative estimate of drug-likeness (QED) is 0.0212. The highest BCUT2D eigenvalue weighted by molar-refractivity contribution is 7.45. The minimum absolute atomic E-state index is 0.0272. The van der Waals surface area contributed by atoms with E-state index in [4.69, 9.17) is 13.8 Å². The van der Waals surface area contributed by atoms with Gasteiger partial charge in [0.15, 0.2) is 0 Å². The number of hydrogen-bond donors (Lipinski definition) is 1. The molecule has 0 aromatic carbocycles. The van der Waals surface area contributed by atoms with Gasteiger partial charge < -0.3 is 28.5 Å². The van der Waals surface area contributed by atoms with E-state index in [1.165, 1.54) is 96.3 Å². The topological polar surface area (TPSA) is 114 Å². The average molecular weight is 987 g/mol. The first-order valence-corrected chi connectivity index (χ1v) is 29.7. The molecule has 0 aliphatic rings. The number of rotatable bonds is 50. The molecule has 3 unspecified atom stereocenters. The number of likely N-dealkylation sites (N-methyl/N-ethyl adjacent to an activating group) is 1. The summed E-state index contributed by atoms with van der Waals surface area (Å²) in [4.78, 5) is 39.7. The van der Waals surface area contributed by atoms with Crippen molar-refractivity contribution in [2.24, 2.45) is 0 Å². The van der Waals surface area contributed by atoms with Gasteiger partial charge in [-0.1, -0.05) is 222 Å². The summed E-state index contributed by atoms with van der Waals surface area (Å²) in [6.45, 7) is 6.69. The predicted molar refractivity (Wildman–Crippen MR) is 293 cm³/mol. The largest absolute Gasteiger partial charge is 0.756 e. The monoisotopic (exact) mass is 987 g/mol. The van der Waals surface area contributed by atoms with Crippen LogP contribution < -0.4 is 10.2 Å². The van der Waals surface area contributed by atoms with Gasteiger partial charge in [0.2, 0.25) is 5.91 Å². The highest BCUT2D eigenvalue weighted by Crippen LogP contribution is 2.38. The van der Waals surface area contributed by atoms with Crippen molar-refractivity contribution in [2.75, 3.05) is 40.9 Å². The number of unbranched alkanes of at least 4 members (excludes halogenated alkanes) is 24. The number of carbonyl (C=O) groups is 2. The lowest BCUT2D eigenvalue weighted by Gasteiger charge is -2.30. The first-order chi connectivity index (χ1) is 33.4. The number of phosphoric ester groups is 1. The van der Waals surface area contributed by atoms with Crippen molar-refractivity contribution in [1.29, 1.82) is 0 Å². The molecule has 0 aliphatic carbocycles. The van der Waals surface area contributed by atoms with Gasteiger partial charge in [-0.15, -0.1) is 0 Å². The van der Waals surface area contributed by atoms with Crippen molar-refractivity contribution in [3.8, 4) is 0 Å². The van der Waals surface area contributed by atoms with Crippen LogP contribution in [-0.2, 0) is 27.9 Å². The van der Waals surface area contributed by atoms with E-state index in [2.05, 4.69) is 86.8 Å². The van der Waals surface area contributed by atoms with Gasteiger partial charge in [-0.25, -0.2) is 0 Å². The van der Waals surface area contributed by atoms with Gasteiger partial charge in [0.1, 0.15) is 19.3 Å². The minimum atomic E-state index is -4.69. The third-order valence-electron chi connectivity index (χ3n) is 12.2. The normalized spacial score (nSPS) is 14.4. The summed E-state index contributed by atoms with van der Waals surface area (Å²) in [5, 5.41) is 3.01. The maximum absolute atomic E-state index is 13.4. The summed E-state index contributed by atoms with van der Waals surface area (Å²) < 4.78 is 30.2. The van der Waals surface area contributed by atoms with Crippen molar-refractivity contribution in [3.63, 3.8) is 0 Å². The first kappa shape index (κ1) is 66.5. The van der Waals surface area contributed by atoms with Gasteiger partial charge in [-0.3, -0.25) is 14.2 Å². The molecule has 0 fully saturated rings. The van der Waals surface area contributed by atoms with E-state index in [-0.39, 0.29) is 24.9 Å². The number of phosphoric acid groups is 1. The fourth-order valence-corrected chi connectivity index (χ4v) is 8.51. The van der Waals surface area contributed by atoms with E-state index < -0.39 is 26.6 Å². The molecule has 9 nitrogen and oxygen atoms in total. The molecule has 0 rings (SSSR count). The van der Waals surface area contributed by atoms with Crippen LogP contribution in [0.3, 0.4) is 0 Å². The van der Waals surface area contributed by atoms with Gasteiger partial charge in [0, 0.05) is 12.8 Å². The number of carbonyl (C=O) groups excluding carboxylic acids is 2. The molecule has 0 heterocycles. The summed E-state index contributed by atoms with van der Waals surface area (Å²) in [7, 11) is 1.17. The number of ether oxygens (including phenoxy) is 1. The minimum Gasteiger partial charge on any atom is -0.756 e. The van der Waals surface area contributed by atoms with Crippen LogP contribution in [0.5, 0.6) is 0 Å². The Morgan fingerprint density at radius 2 is 0.928 bits per heavy atom. The van der Waals surface area contributed by atoms with Gasteiger partial charge in [0.25, 0.3) is 7.82 Å². The number of amides is 1. The van der Waals surface area contributed by atoms with Gasteiger partial charge in [-0.2, -0.15) is 0 Å². The lowest BCUT2D eigenvalue weighted by atomic mass is 10.0. The molecule has 69 heavy (non-hydrogen) atoms. The Morgan fingerprint density at radius 3 is 1.39 bits per heavy atom. The van der Waals surface area contributed by atoms with Crippen molar-refractivity contribution < 1.29 is 37.3 Å². The number of esters is 1. The summed E-state index contributed by atoms with van der Waals surface area (Å²) in [6, 6.07) is -0.895. The smallest absolute Gasteiger partial charge is 0.306 e. The maximum Gasteiger partial charge on any atom is 0.306 e. The molecular formula is C59H107N2O7P. The van der Waals surface area contributed by atoms with Crippen LogP contribution in [0.1, 0.15) is 239 Å². The molecular weight excluding hydrogens is 880 g/mol. The number of nitrogens with one attached hydrogen (secondary N) is 1. The molecule has 0 aliphatic heterocycles. The maximum atomic E-state index is 13.4. The van der Waals surface area contributed by atoms with Crippen molar-refractivity contribution in [2.45, 2.75) is 251 Å². The van der Waals surface area contributed by atoms with Crippen LogP contribution in [0.25, 0.3) is 0 Å². The zero-order valence-electron chi connectivity index (χ0n) is 45.5. The van der Waals surface area contributed by atoms with E-state index in [0.717, 1.165) is 103 Å². The number of quaternary nitrogens is 1. The molecule has 0 bridgehead atoms. The van der Waals surface area contributed by atoms with Crippen LogP contribution in [0.4, 0.5) is 0 Å². The summed E-state index contributed by atoms with van der Waals surface area (Å²) >= 11 is 0. The Hall–Kier alpha value is -2.55. The highest BCUT2D eigenvalue weighted by Gasteiger charge is 2.27. The van der Waals surface area contributed by atoms with E-state index in [9.17, 15) is 19.0 Å². The number of nitrogens with zero attached hydrogens (tertiary/aromatic N) is 1. The zero-order chi connectivity index (χ0) is 50.8. The lowest BCUT2D eigenvalue weighted by molar-refractivity contribution is -0.870. The van der Waals surface area contributed by atoms with Crippen molar-refractivity contribution in [3.05, 3.63) is 72.9 Å². The van der Waals surface area contributed by atoms with E-state index in [1.807, 2.05) is 33.3 Å². The van der Waals surface area contributed by atoms with E-state index in [1.54, 1.807) is 0 Å². The molecule has 1 amide bonds. The second-order valence-electron chi connectivity index (χ2n) is 20.1. The van der Waals surface area contributed by atoms with E-state index >= 15 is 0 Å². The van der Waals surface area contributed by atoms with Gasteiger partial charge in [-0.05, 0) is 76.7 Å². The Labute approximate surface area is 425 Å². The standard InChI is InChI=1S/C59H107N2O7P/c1-7-10-13-16-19-22-25-26-27-28-29-30-31-32-33-34-37-40-43-46-49-52-59(63)68-57(50-47-44-41-38-35-23-20-17-14-11-8-2)56(55-67-69(64,65)66-54-53-61(4,5)6)60-58(62)51-48-45-42-39-36-24-21-18-15-12-9-3/h10,13,19,22,26-27,29-30,32-33,47,50,56-57H,7-9,11-12,14-18,20-21,23-25,28,31,34-46,48-49,51-55H2,1-6H3,(H-,60,62,64,65)/b13-10-,22-19-,27-26-,30-29-,33-32-,50-47+. The van der Waals surface area contributed by atoms with Gasteiger partial charge >= 0.3 is 5.97 Å². The Kier molecular flexibility index (Phi) is 47.2. The molecule has 0 radical (unpaired) electrons. The number of allylic oxidation sites excluding steroid dienone is 11. The first-order valence-electron chi connectivity index (χ1n) is 28.2. The summed E-state index contributed by atoms with van der Waals surface area (Å²) in [6.07, 6.45) is 61.5. The third kappa shape index (κ3) is 50.2. The Bertz CT molecular complexity index is 1420. The third-order valence-corrected chi connectivity index (χ3v) is 13.1. The molecule has 0 saturated heterocycles.